The molecule has 1 saturated heterocycles. The number of hydrogen-bond donors (Lipinski definition) is 0. The highest BCUT2D eigenvalue weighted by molar-refractivity contribution is 5.81. The van der Waals surface area contributed by atoms with Crippen LogP contribution in [0.1, 0.15) is 24.0 Å². The van der Waals surface area contributed by atoms with Crippen LogP contribution in [-0.4, -0.2) is 12.6 Å². The highest BCUT2D eigenvalue weighted by atomic mass is 16.5. The van der Waals surface area contributed by atoms with Crippen molar-refractivity contribution in [3.05, 3.63) is 47.5 Å². The van der Waals surface area contributed by atoms with Crippen molar-refractivity contribution in [1.29, 1.82) is 0 Å². The second-order valence-corrected chi connectivity index (χ2v) is 5.75. The lowest BCUT2D eigenvalue weighted by Gasteiger charge is -2.24. The Morgan fingerprint density at radius 2 is 2.33 bits per heavy atom. The van der Waals surface area contributed by atoms with E-state index in [1.807, 2.05) is 0 Å². The summed E-state index contributed by atoms with van der Waals surface area (Å²) in [5.41, 5.74) is 3.34. The molecule has 1 aliphatic heterocycles. The highest BCUT2D eigenvalue weighted by Crippen LogP contribution is 2.52. The summed E-state index contributed by atoms with van der Waals surface area (Å²) in [6.07, 6.45) is 2.53. The van der Waals surface area contributed by atoms with Crippen LogP contribution in [-0.2, 0) is 16.0 Å². The van der Waals surface area contributed by atoms with E-state index in [-0.39, 0.29) is 11.4 Å². The molecule has 2 aliphatic rings. The van der Waals surface area contributed by atoms with E-state index in [1.54, 1.807) is 0 Å². The number of cyclic esters (lactones) is 1. The SMILES string of the molecule is C=C1CC2COC(=O)C2(Cc2cccc(C)c2)C1. The van der Waals surface area contributed by atoms with Gasteiger partial charge in [0.2, 0.25) is 0 Å². The number of carbonyl (C=O) groups excluding carboxylic acids is 1. The summed E-state index contributed by atoms with van der Waals surface area (Å²) in [7, 11) is 0. The number of aryl methyl sites for hydroxylation is 1. The fourth-order valence-corrected chi connectivity index (χ4v) is 3.45. The van der Waals surface area contributed by atoms with Gasteiger partial charge in [-0.15, -0.1) is 0 Å². The van der Waals surface area contributed by atoms with E-state index in [4.69, 9.17) is 4.74 Å². The average Bonchev–Trinajstić information content (AvgIpc) is 2.76. The molecule has 0 N–H and O–H groups in total. The molecule has 1 aliphatic carbocycles. The highest BCUT2D eigenvalue weighted by Gasteiger charge is 2.55. The quantitative estimate of drug-likeness (QED) is 0.588. The van der Waals surface area contributed by atoms with Crippen molar-refractivity contribution < 1.29 is 9.53 Å². The van der Waals surface area contributed by atoms with Gasteiger partial charge in [-0.25, -0.2) is 0 Å². The molecular formula is C16H18O2. The fraction of sp³-hybridized carbons (Fsp3) is 0.438. The van der Waals surface area contributed by atoms with Crippen LogP contribution < -0.4 is 0 Å². The molecular weight excluding hydrogens is 224 g/mol. The lowest BCUT2D eigenvalue weighted by Crippen LogP contribution is -2.31. The number of esters is 1. The van der Waals surface area contributed by atoms with Crippen LogP contribution in [0.3, 0.4) is 0 Å². The molecule has 1 saturated carbocycles. The van der Waals surface area contributed by atoms with Crippen molar-refractivity contribution in [3.8, 4) is 0 Å². The van der Waals surface area contributed by atoms with E-state index >= 15 is 0 Å². The van der Waals surface area contributed by atoms with Gasteiger partial charge in [-0.05, 0) is 31.7 Å². The number of ether oxygens (including phenoxy) is 1. The Labute approximate surface area is 108 Å². The zero-order chi connectivity index (χ0) is 12.8. The molecule has 3 rings (SSSR count). The minimum atomic E-state index is -0.328. The van der Waals surface area contributed by atoms with E-state index in [0.717, 1.165) is 19.3 Å². The van der Waals surface area contributed by atoms with E-state index < -0.39 is 0 Å². The third-order valence-electron chi connectivity index (χ3n) is 4.31. The van der Waals surface area contributed by atoms with Gasteiger partial charge in [0.15, 0.2) is 0 Å². The largest absolute Gasteiger partial charge is 0.465 e. The van der Waals surface area contributed by atoms with Crippen molar-refractivity contribution in [3.63, 3.8) is 0 Å². The summed E-state index contributed by atoms with van der Waals surface area (Å²) in [5, 5.41) is 0. The Hall–Kier alpha value is -1.57. The van der Waals surface area contributed by atoms with Gasteiger partial charge in [0.1, 0.15) is 0 Å². The summed E-state index contributed by atoms with van der Waals surface area (Å²) in [5.74, 6) is 0.311. The van der Waals surface area contributed by atoms with Crippen molar-refractivity contribution in [1.82, 2.24) is 0 Å². The van der Waals surface area contributed by atoms with Gasteiger partial charge in [-0.3, -0.25) is 4.79 Å². The molecule has 2 unspecified atom stereocenters. The summed E-state index contributed by atoms with van der Waals surface area (Å²) >= 11 is 0. The lowest BCUT2D eigenvalue weighted by atomic mass is 9.75. The maximum absolute atomic E-state index is 12.1. The second-order valence-electron chi connectivity index (χ2n) is 5.75. The lowest BCUT2D eigenvalue weighted by molar-refractivity contribution is -0.146. The van der Waals surface area contributed by atoms with Crippen molar-refractivity contribution in [2.45, 2.75) is 26.2 Å². The zero-order valence-electron chi connectivity index (χ0n) is 10.7. The van der Waals surface area contributed by atoms with Crippen molar-refractivity contribution >= 4 is 5.97 Å². The van der Waals surface area contributed by atoms with Crippen LogP contribution in [0.5, 0.6) is 0 Å². The van der Waals surface area contributed by atoms with Gasteiger partial charge in [-0.1, -0.05) is 42.0 Å². The molecule has 0 spiro atoms. The summed E-state index contributed by atoms with van der Waals surface area (Å²) in [6.45, 7) is 6.72. The molecule has 2 nitrogen and oxygen atoms in total. The van der Waals surface area contributed by atoms with E-state index in [9.17, 15) is 4.79 Å². The first-order chi connectivity index (χ1) is 8.60. The summed E-state index contributed by atoms with van der Waals surface area (Å²) in [6, 6.07) is 8.41. The van der Waals surface area contributed by atoms with Crippen LogP contribution in [0.25, 0.3) is 0 Å². The minimum absolute atomic E-state index is 0.0207. The van der Waals surface area contributed by atoms with Crippen LogP contribution in [0, 0.1) is 18.3 Å². The predicted molar refractivity (Wildman–Crippen MR) is 70.1 cm³/mol. The fourth-order valence-electron chi connectivity index (χ4n) is 3.45. The van der Waals surface area contributed by atoms with E-state index in [1.165, 1.54) is 16.7 Å². The molecule has 1 aromatic carbocycles. The first kappa shape index (κ1) is 11.5. The molecule has 94 valence electrons. The normalized spacial score (nSPS) is 30.4. The third-order valence-corrected chi connectivity index (χ3v) is 4.31. The molecule has 2 fully saturated rings. The predicted octanol–water partition coefficient (Wildman–Crippen LogP) is 3.05. The van der Waals surface area contributed by atoms with Crippen LogP contribution >= 0.6 is 0 Å². The first-order valence-corrected chi connectivity index (χ1v) is 6.49. The van der Waals surface area contributed by atoms with Gasteiger partial charge >= 0.3 is 5.97 Å². The maximum atomic E-state index is 12.1. The molecule has 0 radical (unpaired) electrons. The van der Waals surface area contributed by atoms with Crippen molar-refractivity contribution in [2.24, 2.45) is 11.3 Å². The maximum Gasteiger partial charge on any atom is 0.313 e. The topological polar surface area (TPSA) is 26.3 Å². The molecule has 0 amide bonds. The number of hydrogen-bond acceptors (Lipinski definition) is 2. The first-order valence-electron chi connectivity index (χ1n) is 6.49. The smallest absolute Gasteiger partial charge is 0.313 e. The molecule has 0 bridgehead atoms. The standard InChI is InChI=1S/C16H18O2/c1-11-4-3-5-13(6-11)9-16-8-12(2)7-14(16)10-18-15(16)17/h3-6,14H,2,7-10H2,1H3. The number of benzene rings is 1. The average molecular weight is 242 g/mol. The van der Waals surface area contributed by atoms with Crippen LogP contribution in [0.15, 0.2) is 36.4 Å². The number of carbonyl (C=O) groups is 1. The van der Waals surface area contributed by atoms with Crippen LogP contribution in [0.2, 0.25) is 0 Å². The number of rotatable bonds is 2. The Balaban J connectivity index is 1.94. The van der Waals surface area contributed by atoms with E-state index in [0.29, 0.717) is 12.5 Å². The van der Waals surface area contributed by atoms with Gasteiger partial charge in [0.25, 0.3) is 0 Å². The molecule has 0 aromatic heterocycles. The molecule has 2 atom stereocenters. The summed E-state index contributed by atoms with van der Waals surface area (Å²) < 4.78 is 5.29. The number of fused-ring (bicyclic) bond motifs is 1. The summed E-state index contributed by atoms with van der Waals surface area (Å²) in [4.78, 5) is 12.1. The van der Waals surface area contributed by atoms with Crippen molar-refractivity contribution in [2.75, 3.05) is 6.61 Å². The minimum Gasteiger partial charge on any atom is -0.465 e. The zero-order valence-corrected chi connectivity index (χ0v) is 10.7. The molecule has 1 aromatic rings. The Morgan fingerprint density at radius 3 is 3.11 bits per heavy atom. The van der Waals surface area contributed by atoms with Crippen LogP contribution in [0.4, 0.5) is 0 Å². The Morgan fingerprint density at radius 1 is 1.50 bits per heavy atom. The van der Waals surface area contributed by atoms with Gasteiger partial charge in [-0.2, -0.15) is 0 Å². The Kier molecular flexibility index (Phi) is 2.54. The van der Waals surface area contributed by atoms with Gasteiger partial charge < -0.3 is 4.74 Å². The molecule has 18 heavy (non-hydrogen) atoms. The van der Waals surface area contributed by atoms with Gasteiger partial charge in [0, 0.05) is 5.92 Å². The monoisotopic (exact) mass is 242 g/mol. The van der Waals surface area contributed by atoms with Gasteiger partial charge in [0.05, 0.1) is 12.0 Å². The second kappa shape index (κ2) is 3.98. The third kappa shape index (κ3) is 1.67. The number of allylic oxidation sites excluding steroid dienone is 1. The molecule has 1 heterocycles. The van der Waals surface area contributed by atoms with E-state index in [2.05, 4.69) is 37.8 Å². The molecule has 2 heteroatoms. The Bertz CT molecular complexity index is 518.